The first-order valence-corrected chi connectivity index (χ1v) is 6.92. The van der Waals surface area contributed by atoms with Crippen molar-refractivity contribution >= 4 is 22.9 Å². The number of anilines is 1. The number of carbonyl (C=O) groups excluding carboxylic acids is 1. The summed E-state index contributed by atoms with van der Waals surface area (Å²) in [7, 11) is 1.87. The smallest absolute Gasteiger partial charge is 0.265 e. The molecule has 1 aromatic carbocycles. The lowest BCUT2D eigenvalue weighted by atomic mass is 10.1. The van der Waals surface area contributed by atoms with E-state index in [0.717, 1.165) is 11.3 Å². The molecule has 0 atom stereocenters. The Morgan fingerprint density at radius 2 is 2.10 bits per heavy atom. The lowest BCUT2D eigenvalue weighted by Crippen LogP contribution is -2.11. The summed E-state index contributed by atoms with van der Waals surface area (Å²) in [4.78, 5) is 12.8. The third kappa shape index (κ3) is 2.33. The van der Waals surface area contributed by atoms with Gasteiger partial charge in [-0.1, -0.05) is 18.2 Å². The molecule has 100 valence electrons. The highest BCUT2D eigenvalue weighted by atomic mass is 32.1. The van der Waals surface area contributed by atoms with Gasteiger partial charge in [0, 0.05) is 12.6 Å². The summed E-state index contributed by atoms with van der Waals surface area (Å²) < 4.78 is 1.82. The van der Waals surface area contributed by atoms with E-state index >= 15 is 0 Å². The first-order valence-electron chi connectivity index (χ1n) is 6.04. The van der Waals surface area contributed by atoms with Gasteiger partial charge in [-0.25, -0.2) is 0 Å². The minimum Gasteiger partial charge on any atom is -0.321 e. The van der Waals surface area contributed by atoms with Crippen LogP contribution in [0.1, 0.15) is 9.67 Å². The van der Waals surface area contributed by atoms with Crippen LogP contribution in [-0.2, 0) is 7.05 Å². The maximum atomic E-state index is 12.1. The monoisotopic (exact) mass is 284 g/mol. The van der Waals surface area contributed by atoms with Gasteiger partial charge in [-0.2, -0.15) is 0 Å². The fraction of sp³-hybridized carbons (Fsp3) is 0.0714. The van der Waals surface area contributed by atoms with E-state index in [4.69, 9.17) is 0 Å². The summed E-state index contributed by atoms with van der Waals surface area (Å²) in [5, 5.41) is 12.7. The van der Waals surface area contributed by atoms with Gasteiger partial charge in [0.2, 0.25) is 0 Å². The lowest BCUT2D eigenvalue weighted by Gasteiger charge is -2.09. The van der Waals surface area contributed by atoms with Crippen molar-refractivity contribution in [2.75, 3.05) is 5.32 Å². The summed E-state index contributed by atoms with van der Waals surface area (Å²) in [5.74, 6) is 0.599. The predicted molar refractivity (Wildman–Crippen MR) is 78.7 cm³/mol. The third-order valence-electron chi connectivity index (χ3n) is 2.87. The maximum Gasteiger partial charge on any atom is 0.265 e. The quantitative estimate of drug-likeness (QED) is 0.804. The molecular formula is C14H12N4OS. The minimum absolute atomic E-state index is 0.116. The highest BCUT2D eigenvalue weighted by molar-refractivity contribution is 7.12. The second-order valence-corrected chi connectivity index (χ2v) is 5.19. The number of nitrogens with zero attached hydrogens (tertiary/aromatic N) is 3. The lowest BCUT2D eigenvalue weighted by molar-refractivity contribution is 0.103. The van der Waals surface area contributed by atoms with Gasteiger partial charge in [-0.15, -0.1) is 21.5 Å². The number of benzene rings is 1. The molecule has 0 saturated heterocycles. The van der Waals surface area contributed by atoms with Crippen LogP contribution in [0.15, 0.2) is 48.1 Å². The van der Waals surface area contributed by atoms with Crippen LogP contribution in [0.4, 0.5) is 5.69 Å². The van der Waals surface area contributed by atoms with Gasteiger partial charge in [0.05, 0.1) is 10.6 Å². The van der Waals surface area contributed by atoms with E-state index in [1.807, 2.05) is 47.3 Å². The van der Waals surface area contributed by atoms with Gasteiger partial charge < -0.3 is 9.88 Å². The van der Waals surface area contributed by atoms with E-state index in [1.54, 1.807) is 12.4 Å². The molecule has 3 aromatic rings. The molecule has 0 spiro atoms. The van der Waals surface area contributed by atoms with E-state index in [-0.39, 0.29) is 5.91 Å². The zero-order valence-electron chi connectivity index (χ0n) is 10.8. The molecule has 1 N–H and O–H groups in total. The number of para-hydroxylation sites is 1. The largest absolute Gasteiger partial charge is 0.321 e. The number of hydrogen-bond donors (Lipinski definition) is 1. The van der Waals surface area contributed by atoms with Crippen molar-refractivity contribution < 1.29 is 4.79 Å². The summed E-state index contributed by atoms with van der Waals surface area (Å²) >= 11 is 1.41. The van der Waals surface area contributed by atoms with Crippen molar-refractivity contribution in [2.24, 2.45) is 7.05 Å². The van der Waals surface area contributed by atoms with Crippen LogP contribution >= 0.6 is 11.3 Å². The van der Waals surface area contributed by atoms with E-state index < -0.39 is 0 Å². The zero-order chi connectivity index (χ0) is 13.9. The molecule has 2 aromatic heterocycles. The van der Waals surface area contributed by atoms with Crippen LogP contribution in [0.3, 0.4) is 0 Å². The number of hydrogen-bond acceptors (Lipinski definition) is 4. The average Bonchev–Trinajstić information content (AvgIpc) is 3.10. The van der Waals surface area contributed by atoms with Gasteiger partial charge in [0.15, 0.2) is 5.82 Å². The first-order chi connectivity index (χ1) is 9.75. The van der Waals surface area contributed by atoms with Gasteiger partial charge >= 0.3 is 0 Å². The first kappa shape index (κ1) is 12.6. The van der Waals surface area contributed by atoms with Crippen molar-refractivity contribution in [3.8, 4) is 11.4 Å². The molecule has 1 amide bonds. The molecule has 0 aliphatic rings. The molecular weight excluding hydrogens is 272 g/mol. The number of aromatic nitrogens is 3. The molecule has 0 aliphatic heterocycles. The van der Waals surface area contributed by atoms with E-state index in [0.29, 0.717) is 10.7 Å². The van der Waals surface area contributed by atoms with Gasteiger partial charge in [-0.05, 0) is 23.6 Å². The Bertz CT molecular complexity index is 733. The zero-order valence-corrected chi connectivity index (χ0v) is 11.6. The molecule has 0 bridgehead atoms. The molecule has 0 radical (unpaired) electrons. The summed E-state index contributed by atoms with van der Waals surface area (Å²) in [6.45, 7) is 0. The highest BCUT2D eigenvalue weighted by Crippen LogP contribution is 2.26. The Labute approximate surface area is 119 Å². The van der Waals surface area contributed by atoms with Crippen LogP contribution in [0, 0.1) is 0 Å². The van der Waals surface area contributed by atoms with Crippen molar-refractivity contribution in [3.63, 3.8) is 0 Å². The number of rotatable bonds is 3. The Morgan fingerprint density at radius 3 is 2.80 bits per heavy atom. The summed E-state index contributed by atoms with van der Waals surface area (Å²) in [6.07, 6.45) is 1.63. The van der Waals surface area contributed by atoms with E-state index in [9.17, 15) is 4.79 Å². The Balaban J connectivity index is 1.95. The van der Waals surface area contributed by atoms with Crippen LogP contribution in [0.2, 0.25) is 0 Å². The average molecular weight is 284 g/mol. The Morgan fingerprint density at radius 1 is 1.25 bits per heavy atom. The molecule has 0 fully saturated rings. The molecule has 6 heteroatoms. The normalized spacial score (nSPS) is 10.4. The molecule has 2 heterocycles. The standard InChI is InChI=1S/C14H12N4OS/c1-18-9-15-17-13(18)10-5-2-3-6-11(10)16-14(19)12-7-4-8-20-12/h2-9H,1H3,(H,16,19). The number of carbonyl (C=O) groups is 1. The van der Waals surface area contributed by atoms with Gasteiger partial charge in [-0.3, -0.25) is 4.79 Å². The molecule has 0 saturated carbocycles. The number of aryl methyl sites for hydroxylation is 1. The highest BCUT2D eigenvalue weighted by Gasteiger charge is 2.13. The number of thiophene rings is 1. The molecule has 0 aliphatic carbocycles. The number of nitrogens with one attached hydrogen (secondary N) is 1. The van der Waals surface area contributed by atoms with Crippen molar-refractivity contribution in [3.05, 3.63) is 53.0 Å². The molecule has 20 heavy (non-hydrogen) atoms. The van der Waals surface area contributed by atoms with Crippen LogP contribution in [0.5, 0.6) is 0 Å². The van der Waals surface area contributed by atoms with E-state index in [1.165, 1.54) is 11.3 Å². The maximum absolute atomic E-state index is 12.1. The van der Waals surface area contributed by atoms with Crippen molar-refractivity contribution in [1.82, 2.24) is 14.8 Å². The van der Waals surface area contributed by atoms with Crippen molar-refractivity contribution in [2.45, 2.75) is 0 Å². The predicted octanol–water partition coefficient (Wildman–Crippen LogP) is 2.80. The Kier molecular flexibility index (Phi) is 3.30. The SMILES string of the molecule is Cn1cnnc1-c1ccccc1NC(=O)c1cccs1. The fourth-order valence-corrected chi connectivity index (χ4v) is 2.52. The van der Waals surface area contributed by atoms with Crippen LogP contribution in [-0.4, -0.2) is 20.7 Å². The minimum atomic E-state index is -0.116. The molecule has 5 nitrogen and oxygen atoms in total. The van der Waals surface area contributed by atoms with Crippen LogP contribution in [0.25, 0.3) is 11.4 Å². The second-order valence-electron chi connectivity index (χ2n) is 4.24. The third-order valence-corrected chi connectivity index (χ3v) is 3.74. The topological polar surface area (TPSA) is 59.8 Å². The Hall–Kier alpha value is -2.47. The molecule has 0 unspecified atom stereocenters. The van der Waals surface area contributed by atoms with Gasteiger partial charge in [0.25, 0.3) is 5.91 Å². The second kappa shape index (κ2) is 5.26. The summed E-state index contributed by atoms with van der Waals surface area (Å²) in [6, 6.07) is 11.2. The van der Waals surface area contributed by atoms with E-state index in [2.05, 4.69) is 15.5 Å². The fourth-order valence-electron chi connectivity index (χ4n) is 1.91. The van der Waals surface area contributed by atoms with Gasteiger partial charge in [0.1, 0.15) is 6.33 Å². The molecule has 3 rings (SSSR count). The number of amides is 1. The van der Waals surface area contributed by atoms with Crippen molar-refractivity contribution in [1.29, 1.82) is 0 Å². The summed E-state index contributed by atoms with van der Waals surface area (Å²) in [5.41, 5.74) is 1.57. The van der Waals surface area contributed by atoms with Crippen LogP contribution < -0.4 is 5.32 Å².